The Morgan fingerprint density at radius 1 is 1.45 bits per heavy atom. The molecule has 1 amide bonds. The number of hydrogen-bond acceptors (Lipinski definition) is 5. The highest BCUT2D eigenvalue weighted by molar-refractivity contribution is 7.11. The molecule has 6 nitrogen and oxygen atoms in total. The Morgan fingerprint density at radius 3 is 2.80 bits per heavy atom. The number of aromatic nitrogens is 4. The van der Waals surface area contributed by atoms with E-state index in [9.17, 15) is 4.79 Å². The summed E-state index contributed by atoms with van der Waals surface area (Å²) in [7, 11) is 0. The van der Waals surface area contributed by atoms with Crippen LogP contribution in [0, 0.1) is 0 Å². The molecule has 0 saturated heterocycles. The van der Waals surface area contributed by atoms with Crippen LogP contribution in [0.1, 0.15) is 61.0 Å². The van der Waals surface area contributed by atoms with Gasteiger partial charge < -0.3 is 5.32 Å². The molecule has 0 bridgehead atoms. The highest BCUT2D eigenvalue weighted by Gasteiger charge is 2.18. The molecule has 1 atom stereocenters. The maximum atomic E-state index is 12.2. The fourth-order valence-electron chi connectivity index (χ4n) is 1.83. The Hall–Kier alpha value is -1.76. The van der Waals surface area contributed by atoms with E-state index in [4.69, 9.17) is 0 Å². The van der Waals surface area contributed by atoms with Crippen molar-refractivity contribution in [1.29, 1.82) is 0 Å². The van der Waals surface area contributed by atoms with Crippen molar-refractivity contribution in [2.75, 3.05) is 0 Å². The minimum atomic E-state index is -0.198. The van der Waals surface area contributed by atoms with E-state index in [1.54, 1.807) is 4.68 Å². The zero-order valence-corrected chi connectivity index (χ0v) is 12.9. The summed E-state index contributed by atoms with van der Waals surface area (Å²) in [6.45, 7) is 8.73. The zero-order chi connectivity index (χ0) is 14.7. The number of nitrogens with one attached hydrogen (secondary N) is 1. The van der Waals surface area contributed by atoms with Gasteiger partial charge in [0.25, 0.3) is 5.91 Å². The summed E-state index contributed by atoms with van der Waals surface area (Å²) < 4.78 is 1.77. The highest BCUT2D eigenvalue weighted by Crippen LogP contribution is 2.18. The largest absolute Gasteiger partial charge is 0.340 e. The second-order valence-electron chi connectivity index (χ2n) is 4.86. The van der Waals surface area contributed by atoms with E-state index in [0.717, 1.165) is 18.1 Å². The van der Waals surface area contributed by atoms with Crippen molar-refractivity contribution in [3.63, 3.8) is 0 Å². The molecule has 2 rings (SSSR count). The average molecular weight is 293 g/mol. The second kappa shape index (κ2) is 6.13. The predicted octanol–water partition coefficient (Wildman–Crippen LogP) is 2.37. The summed E-state index contributed by atoms with van der Waals surface area (Å²) in [6, 6.07) is -0.198. The lowest BCUT2D eigenvalue weighted by atomic mass is 10.2. The molecule has 0 aliphatic heterocycles. The summed E-state index contributed by atoms with van der Waals surface area (Å²) in [5.41, 5.74) is 0.949. The minimum absolute atomic E-state index is 0.167. The Kier molecular flexibility index (Phi) is 4.49. The second-order valence-corrected chi connectivity index (χ2v) is 5.72. The van der Waals surface area contributed by atoms with Crippen LogP contribution in [0.25, 0.3) is 0 Å². The van der Waals surface area contributed by atoms with Crippen LogP contribution in [-0.4, -0.2) is 25.7 Å². The molecule has 0 radical (unpaired) electrons. The molecule has 2 aromatic rings. The molecule has 1 unspecified atom stereocenters. The lowest BCUT2D eigenvalue weighted by molar-refractivity contribution is 0.0937. The van der Waals surface area contributed by atoms with E-state index in [1.165, 1.54) is 17.7 Å². The van der Waals surface area contributed by atoms with Crippen molar-refractivity contribution in [1.82, 2.24) is 25.1 Å². The zero-order valence-electron chi connectivity index (χ0n) is 12.1. The molecule has 20 heavy (non-hydrogen) atoms. The van der Waals surface area contributed by atoms with Crippen LogP contribution in [0.2, 0.25) is 0 Å². The molecule has 1 N–H and O–H groups in total. The maximum Gasteiger partial charge on any atom is 0.280 e. The summed E-state index contributed by atoms with van der Waals surface area (Å²) in [6.07, 6.45) is 1.50. The van der Waals surface area contributed by atoms with E-state index >= 15 is 0 Å². The van der Waals surface area contributed by atoms with Crippen molar-refractivity contribution >= 4 is 17.2 Å². The number of carbonyl (C=O) groups is 1. The first kappa shape index (κ1) is 14.6. The molecule has 0 aromatic carbocycles. The summed E-state index contributed by atoms with van der Waals surface area (Å²) in [4.78, 5) is 20.7. The summed E-state index contributed by atoms with van der Waals surface area (Å²) in [5.74, 6) is 0.912. The van der Waals surface area contributed by atoms with Crippen molar-refractivity contribution in [3.05, 3.63) is 28.2 Å². The average Bonchev–Trinajstić information content (AvgIpc) is 3.07. The van der Waals surface area contributed by atoms with E-state index < -0.39 is 0 Å². The topological polar surface area (TPSA) is 72.7 Å². The minimum Gasteiger partial charge on any atom is -0.340 e. The third-order valence-corrected chi connectivity index (χ3v) is 3.85. The van der Waals surface area contributed by atoms with Gasteiger partial charge in [-0.1, -0.05) is 13.8 Å². The van der Waals surface area contributed by atoms with Gasteiger partial charge in [-0.25, -0.2) is 14.6 Å². The molecular weight excluding hydrogens is 274 g/mol. The van der Waals surface area contributed by atoms with Crippen LogP contribution in [0.5, 0.6) is 0 Å². The number of aryl methyl sites for hydroxylation is 1. The van der Waals surface area contributed by atoms with Crippen LogP contribution >= 0.6 is 11.3 Å². The molecule has 7 heteroatoms. The van der Waals surface area contributed by atoms with Gasteiger partial charge in [0.05, 0.1) is 11.7 Å². The Bertz CT molecular complexity index is 589. The van der Waals surface area contributed by atoms with E-state index in [-0.39, 0.29) is 11.9 Å². The Balaban J connectivity index is 2.07. The first-order chi connectivity index (χ1) is 9.52. The lowest BCUT2D eigenvalue weighted by Crippen LogP contribution is -2.28. The SMILES string of the molecule is CCn1ncnc1C(C)NC(=O)c1nc(C(C)C)cs1. The number of carbonyl (C=O) groups excluding carboxylic acids is 1. The Morgan fingerprint density at radius 2 is 2.20 bits per heavy atom. The molecule has 0 saturated carbocycles. The van der Waals surface area contributed by atoms with Gasteiger partial charge in [0.2, 0.25) is 0 Å². The van der Waals surface area contributed by atoms with Gasteiger partial charge in [-0.2, -0.15) is 5.10 Å². The predicted molar refractivity (Wildman–Crippen MR) is 77.8 cm³/mol. The molecule has 0 aliphatic carbocycles. The van der Waals surface area contributed by atoms with Crippen molar-refractivity contribution in [2.24, 2.45) is 0 Å². The number of amides is 1. The number of thiazole rings is 1. The van der Waals surface area contributed by atoms with Crippen LogP contribution < -0.4 is 5.32 Å². The van der Waals surface area contributed by atoms with Crippen molar-refractivity contribution in [2.45, 2.75) is 46.2 Å². The smallest absolute Gasteiger partial charge is 0.280 e. The molecule has 108 valence electrons. The van der Waals surface area contributed by atoms with E-state index in [0.29, 0.717) is 10.9 Å². The number of nitrogens with zero attached hydrogens (tertiary/aromatic N) is 4. The van der Waals surface area contributed by atoms with Gasteiger partial charge in [-0.3, -0.25) is 4.79 Å². The van der Waals surface area contributed by atoms with Crippen molar-refractivity contribution in [3.8, 4) is 0 Å². The van der Waals surface area contributed by atoms with Gasteiger partial charge >= 0.3 is 0 Å². The number of hydrogen-bond donors (Lipinski definition) is 1. The highest BCUT2D eigenvalue weighted by atomic mass is 32.1. The molecule has 2 heterocycles. The summed E-state index contributed by atoms with van der Waals surface area (Å²) >= 11 is 1.37. The van der Waals surface area contributed by atoms with Crippen LogP contribution in [0.15, 0.2) is 11.7 Å². The van der Waals surface area contributed by atoms with Crippen LogP contribution in [0.3, 0.4) is 0 Å². The van der Waals surface area contributed by atoms with Gasteiger partial charge in [-0.05, 0) is 19.8 Å². The van der Waals surface area contributed by atoms with Crippen molar-refractivity contribution < 1.29 is 4.79 Å². The van der Waals surface area contributed by atoms with Gasteiger partial charge in [0.15, 0.2) is 5.01 Å². The van der Waals surface area contributed by atoms with Gasteiger partial charge in [0, 0.05) is 11.9 Å². The number of rotatable bonds is 5. The maximum absolute atomic E-state index is 12.2. The standard InChI is InChI=1S/C13H19N5OS/c1-5-18-11(14-7-15-18)9(4)16-12(19)13-17-10(6-20-13)8(2)3/h6-9H,5H2,1-4H3,(H,16,19). The van der Waals surface area contributed by atoms with Gasteiger partial charge in [0.1, 0.15) is 12.2 Å². The first-order valence-corrected chi connectivity index (χ1v) is 7.54. The molecule has 0 aliphatic rings. The quantitative estimate of drug-likeness (QED) is 0.918. The third-order valence-electron chi connectivity index (χ3n) is 2.99. The van der Waals surface area contributed by atoms with E-state index in [2.05, 4.69) is 34.2 Å². The van der Waals surface area contributed by atoms with Crippen LogP contribution in [0.4, 0.5) is 0 Å². The first-order valence-electron chi connectivity index (χ1n) is 6.66. The molecule has 0 spiro atoms. The van der Waals surface area contributed by atoms with Gasteiger partial charge in [-0.15, -0.1) is 11.3 Å². The fourth-order valence-corrected chi connectivity index (χ4v) is 2.71. The summed E-state index contributed by atoms with van der Waals surface area (Å²) in [5, 5.41) is 9.43. The van der Waals surface area contributed by atoms with E-state index in [1.807, 2.05) is 19.2 Å². The third kappa shape index (κ3) is 3.04. The Labute approximate surface area is 122 Å². The fraction of sp³-hybridized carbons (Fsp3) is 0.538. The normalized spacial score (nSPS) is 12.7. The molecular formula is C13H19N5OS. The monoisotopic (exact) mass is 293 g/mol. The molecule has 0 fully saturated rings. The van der Waals surface area contributed by atoms with Crippen LogP contribution in [-0.2, 0) is 6.54 Å². The molecule has 2 aromatic heterocycles. The lowest BCUT2D eigenvalue weighted by Gasteiger charge is -2.12.